The molecule has 0 spiro atoms. The predicted molar refractivity (Wildman–Crippen MR) is 62.8 cm³/mol. The van der Waals surface area contributed by atoms with Gasteiger partial charge in [-0.15, -0.1) is 11.3 Å². The summed E-state index contributed by atoms with van der Waals surface area (Å²) in [6.45, 7) is 7.90. The molecule has 0 aromatic carbocycles. The monoisotopic (exact) mass is 210 g/mol. The second kappa shape index (κ2) is 3.91. The summed E-state index contributed by atoms with van der Waals surface area (Å²) in [6.07, 6.45) is 0. The van der Waals surface area contributed by atoms with E-state index in [9.17, 15) is 0 Å². The average Bonchev–Trinajstić information content (AvgIpc) is 2.50. The molecule has 0 radical (unpaired) electrons. The molecule has 0 unspecified atom stereocenters. The van der Waals surface area contributed by atoms with E-state index in [-0.39, 0.29) is 0 Å². The van der Waals surface area contributed by atoms with Gasteiger partial charge in [0.25, 0.3) is 0 Å². The molecule has 0 aliphatic carbocycles. The van der Waals surface area contributed by atoms with Crippen molar-refractivity contribution in [3.8, 4) is 0 Å². The molecule has 1 aromatic heterocycles. The van der Waals surface area contributed by atoms with Gasteiger partial charge < -0.3 is 4.90 Å². The summed E-state index contributed by atoms with van der Waals surface area (Å²) in [6, 6.07) is 2.25. The predicted octanol–water partition coefficient (Wildman–Crippen LogP) is 2.61. The quantitative estimate of drug-likeness (QED) is 0.740. The molecule has 0 atom stereocenters. The van der Waals surface area contributed by atoms with Crippen molar-refractivity contribution < 1.29 is 0 Å². The van der Waals surface area contributed by atoms with Crippen LogP contribution < -0.4 is 4.90 Å². The van der Waals surface area contributed by atoms with Gasteiger partial charge in [0.15, 0.2) is 0 Å². The van der Waals surface area contributed by atoms with E-state index in [1.807, 2.05) is 11.3 Å². The Bertz CT molecular complexity index is 306. The van der Waals surface area contributed by atoms with Gasteiger partial charge in [-0.25, -0.2) is 0 Å². The third-order valence-electron chi connectivity index (χ3n) is 2.45. The molecule has 3 heteroatoms. The van der Waals surface area contributed by atoms with Crippen molar-refractivity contribution in [3.05, 3.63) is 17.0 Å². The molecule has 0 N–H and O–H groups in total. The number of hydrogen-bond donors (Lipinski definition) is 0. The minimum absolute atomic E-state index is 0.733. The molecule has 2 rings (SSSR count). The van der Waals surface area contributed by atoms with Crippen molar-refractivity contribution in [2.45, 2.75) is 20.4 Å². The molecule has 1 aliphatic rings. The van der Waals surface area contributed by atoms with E-state index < -0.39 is 0 Å². The second-order valence-electron chi connectivity index (χ2n) is 4.52. The fraction of sp³-hybridized carbons (Fsp3) is 0.636. The number of thiophene rings is 1. The Balaban J connectivity index is 2.19. The van der Waals surface area contributed by atoms with Gasteiger partial charge in [0.05, 0.1) is 11.7 Å². The van der Waals surface area contributed by atoms with Crippen LogP contribution in [0.2, 0.25) is 0 Å². The van der Waals surface area contributed by atoms with Crippen molar-refractivity contribution in [1.82, 2.24) is 4.90 Å². The third kappa shape index (κ3) is 1.93. The zero-order valence-electron chi connectivity index (χ0n) is 9.16. The highest BCUT2D eigenvalue weighted by atomic mass is 32.1. The largest absolute Gasteiger partial charge is 0.350 e. The molecule has 1 aromatic rings. The minimum atomic E-state index is 0.733. The fourth-order valence-electron chi connectivity index (χ4n) is 2.00. The van der Waals surface area contributed by atoms with Crippen LogP contribution in [0.1, 0.15) is 19.4 Å². The molecule has 1 aliphatic heterocycles. The van der Waals surface area contributed by atoms with Gasteiger partial charge in [-0.2, -0.15) is 0 Å². The summed E-state index contributed by atoms with van der Waals surface area (Å²) in [5, 5.41) is 3.69. The van der Waals surface area contributed by atoms with E-state index in [2.05, 4.69) is 42.1 Å². The highest BCUT2D eigenvalue weighted by molar-refractivity contribution is 7.14. The summed E-state index contributed by atoms with van der Waals surface area (Å²) in [7, 11) is 2.19. The van der Waals surface area contributed by atoms with E-state index in [1.165, 1.54) is 10.6 Å². The lowest BCUT2D eigenvalue weighted by Gasteiger charge is -2.35. The van der Waals surface area contributed by atoms with Crippen LogP contribution in [-0.4, -0.2) is 25.2 Å². The maximum absolute atomic E-state index is 2.49. The van der Waals surface area contributed by atoms with Crippen LogP contribution in [0.5, 0.6) is 0 Å². The third-order valence-corrected chi connectivity index (χ3v) is 3.46. The maximum atomic E-state index is 2.49. The molecule has 2 nitrogen and oxygen atoms in total. The van der Waals surface area contributed by atoms with E-state index in [4.69, 9.17) is 0 Å². The molecule has 0 saturated carbocycles. The Morgan fingerprint density at radius 1 is 1.50 bits per heavy atom. The van der Waals surface area contributed by atoms with Gasteiger partial charge in [-0.1, -0.05) is 13.8 Å². The molecule has 0 saturated heterocycles. The summed E-state index contributed by atoms with van der Waals surface area (Å²) in [5.74, 6) is 0.733. The van der Waals surface area contributed by atoms with E-state index in [0.717, 1.165) is 25.7 Å². The number of hydrogen-bond acceptors (Lipinski definition) is 3. The first-order valence-corrected chi connectivity index (χ1v) is 6.04. The summed E-state index contributed by atoms with van der Waals surface area (Å²) >= 11 is 1.88. The molecule has 0 fully saturated rings. The highest BCUT2D eigenvalue weighted by Gasteiger charge is 2.21. The van der Waals surface area contributed by atoms with Crippen molar-refractivity contribution in [2.24, 2.45) is 5.92 Å². The molecular formula is C11H18N2S. The molecule has 0 bridgehead atoms. The molecule has 0 amide bonds. The van der Waals surface area contributed by atoms with Crippen LogP contribution >= 0.6 is 11.3 Å². The average molecular weight is 210 g/mol. The second-order valence-corrected chi connectivity index (χ2v) is 5.42. The van der Waals surface area contributed by atoms with E-state index >= 15 is 0 Å². The minimum Gasteiger partial charge on any atom is -0.350 e. The van der Waals surface area contributed by atoms with Crippen LogP contribution in [0.3, 0.4) is 0 Å². The van der Waals surface area contributed by atoms with Crippen molar-refractivity contribution in [3.63, 3.8) is 0 Å². The SMILES string of the molecule is CC(C)CN1CN(C)Cc2ccsc21. The lowest BCUT2D eigenvalue weighted by molar-refractivity contribution is 0.305. The summed E-state index contributed by atoms with van der Waals surface area (Å²) in [4.78, 5) is 4.87. The standard InChI is InChI=1S/C11H18N2S/c1-9(2)6-13-8-12(3)7-10-4-5-14-11(10)13/h4-5,9H,6-8H2,1-3H3. The maximum Gasteiger partial charge on any atom is 0.0964 e. The van der Waals surface area contributed by atoms with Crippen molar-refractivity contribution >= 4 is 16.3 Å². The highest BCUT2D eigenvalue weighted by Crippen LogP contribution is 2.32. The van der Waals surface area contributed by atoms with Gasteiger partial charge in [-0.05, 0) is 24.4 Å². The number of nitrogens with zero attached hydrogens (tertiary/aromatic N) is 2. The fourth-order valence-corrected chi connectivity index (χ4v) is 2.93. The Morgan fingerprint density at radius 3 is 3.00 bits per heavy atom. The van der Waals surface area contributed by atoms with E-state index in [1.54, 1.807) is 0 Å². The molecule has 78 valence electrons. The van der Waals surface area contributed by atoms with Gasteiger partial charge in [0.2, 0.25) is 0 Å². The number of anilines is 1. The van der Waals surface area contributed by atoms with E-state index in [0.29, 0.717) is 0 Å². The first kappa shape index (κ1) is 9.99. The van der Waals surface area contributed by atoms with Crippen molar-refractivity contribution in [2.75, 3.05) is 25.2 Å². The Kier molecular flexibility index (Phi) is 2.79. The van der Waals surface area contributed by atoms with Crippen molar-refractivity contribution in [1.29, 1.82) is 0 Å². The smallest absolute Gasteiger partial charge is 0.0964 e. The Labute approximate surface area is 90.1 Å². The number of fused-ring (bicyclic) bond motifs is 1. The lowest BCUT2D eigenvalue weighted by Crippen LogP contribution is -2.41. The van der Waals surface area contributed by atoms with Crippen LogP contribution in [0.4, 0.5) is 5.00 Å². The van der Waals surface area contributed by atoms with Gasteiger partial charge in [-0.3, -0.25) is 4.90 Å². The lowest BCUT2D eigenvalue weighted by atomic mass is 10.2. The van der Waals surface area contributed by atoms with Gasteiger partial charge in [0.1, 0.15) is 0 Å². The normalized spacial score (nSPS) is 17.6. The first-order valence-electron chi connectivity index (χ1n) is 5.16. The number of rotatable bonds is 2. The summed E-state index contributed by atoms with van der Waals surface area (Å²) in [5.41, 5.74) is 1.49. The van der Waals surface area contributed by atoms with Crippen LogP contribution in [0.25, 0.3) is 0 Å². The Morgan fingerprint density at radius 2 is 2.29 bits per heavy atom. The summed E-state index contributed by atoms with van der Waals surface area (Å²) < 4.78 is 0. The molecular weight excluding hydrogens is 192 g/mol. The topological polar surface area (TPSA) is 6.48 Å². The zero-order valence-corrected chi connectivity index (χ0v) is 9.97. The van der Waals surface area contributed by atoms with Crippen LogP contribution in [-0.2, 0) is 6.54 Å². The zero-order chi connectivity index (χ0) is 10.1. The molecule has 14 heavy (non-hydrogen) atoms. The van der Waals surface area contributed by atoms with Crippen LogP contribution in [0, 0.1) is 5.92 Å². The van der Waals surface area contributed by atoms with Crippen LogP contribution in [0.15, 0.2) is 11.4 Å². The van der Waals surface area contributed by atoms with Gasteiger partial charge >= 0.3 is 0 Å². The first-order chi connectivity index (χ1) is 6.66. The Hall–Kier alpha value is -0.540. The van der Waals surface area contributed by atoms with Gasteiger partial charge in [0, 0.05) is 18.7 Å². The molecule has 2 heterocycles.